The Kier molecular flexibility index (Phi) is 4.67. The third-order valence-electron chi connectivity index (χ3n) is 2.80. The van der Waals surface area contributed by atoms with Gasteiger partial charge in [-0.25, -0.2) is 0 Å². The average Bonchev–Trinajstić information content (AvgIpc) is 2.72. The molecule has 88 valence electrons. The van der Waals surface area contributed by atoms with Crippen molar-refractivity contribution in [2.24, 2.45) is 0 Å². The van der Waals surface area contributed by atoms with Crippen molar-refractivity contribution < 1.29 is 9.47 Å². The van der Waals surface area contributed by atoms with Crippen LogP contribution < -0.4 is 4.74 Å². The van der Waals surface area contributed by atoms with Crippen LogP contribution in [-0.2, 0) is 4.74 Å². The second-order valence-electron chi connectivity index (χ2n) is 4.02. The Bertz CT molecular complexity index is 302. The number of benzene rings is 1. The number of para-hydroxylation sites is 1. The zero-order valence-electron chi connectivity index (χ0n) is 9.27. The molecule has 2 rings (SSSR count). The second-order valence-corrected chi connectivity index (χ2v) is 5.19. The molecule has 1 fully saturated rings. The summed E-state index contributed by atoms with van der Waals surface area (Å²) in [5, 5.41) is 0. The summed E-state index contributed by atoms with van der Waals surface area (Å²) in [6.07, 6.45) is 4.03. The molecule has 0 N–H and O–H groups in total. The van der Waals surface area contributed by atoms with Crippen molar-refractivity contribution in [1.82, 2.24) is 0 Å². The summed E-state index contributed by atoms with van der Waals surface area (Å²) < 4.78 is 11.3. The first-order valence-electron chi connectivity index (χ1n) is 5.80. The smallest absolute Gasteiger partial charge is 0.119 e. The lowest BCUT2D eigenvalue weighted by Gasteiger charge is -2.15. The molecule has 0 saturated heterocycles. The Hall–Kier alpha value is -0.540. The molecule has 1 saturated carbocycles. The van der Waals surface area contributed by atoms with Crippen LogP contribution in [-0.4, -0.2) is 24.1 Å². The number of ether oxygens (including phenoxy) is 2. The van der Waals surface area contributed by atoms with Crippen molar-refractivity contribution in [3.05, 3.63) is 30.3 Å². The molecule has 0 bridgehead atoms. The van der Waals surface area contributed by atoms with Gasteiger partial charge in [0.1, 0.15) is 12.4 Å². The summed E-state index contributed by atoms with van der Waals surface area (Å²) in [5.74, 6) is 0.910. The van der Waals surface area contributed by atoms with Crippen LogP contribution in [0, 0.1) is 0 Å². The molecule has 0 spiro atoms. The summed E-state index contributed by atoms with van der Waals surface area (Å²) in [5.41, 5.74) is 0. The predicted octanol–water partition coefficient (Wildman–Crippen LogP) is 3.40. The molecule has 0 heterocycles. The van der Waals surface area contributed by atoms with Crippen LogP contribution in [0.2, 0.25) is 0 Å². The lowest BCUT2D eigenvalue weighted by Crippen LogP contribution is -2.21. The van der Waals surface area contributed by atoms with E-state index in [1.54, 1.807) is 0 Å². The number of hydrogen-bond donors (Lipinski definition) is 0. The third-order valence-corrected chi connectivity index (χ3v) is 3.85. The van der Waals surface area contributed by atoms with Gasteiger partial charge in [0.05, 0.1) is 12.7 Å². The third kappa shape index (κ3) is 3.49. The summed E-state index contributed by atoms with van der Waals surface area (Å²) in [7, 11) is 0. The maximum Gasteiger partial charge on any atom is 0.119 e. The first-order chi connectivity index (χ1) is 7.86. The van der Waals surface area contributed by atoms with Gasteiger partial charge < -0.3 is 9.47 Å². The zero-order chi connectivity index (χ0) is 11.2. The van der Waals surface area contributed by atoms with Gasteiger partial charge in [0.2, 0.25) is 0 Å². The molecule has 3 heteroatoms. The van der Waals surface area contributed by atoms with Gasteiger partial charge in [0.25, 0.3) is 0 Å². The highest BCUT2D eigenvalue weighted by molar-refractivity contribution is 9.09. The number of hydrogen-bond acceptors (Lipinski definition) is 2. The maximum absolute atomic E-state index is 5.77. The highest BCUT2D eigenvalue weighted by atomic mass is 79.9. The minimum absolute atomic E-state index is 0.374. The summed E-state index contributed by atoms with van der Waals surface area (Å²) in [6, 6.07) is 9.85. The van der Waals surface area contributed by atoms with Gasteiger partial charge in [0.15, 0.2) is 0 Å². The van der Waals surface area contributed by atoms with E-state index in [2.05, 4.69) is 15.9 Å². The Balaban J connectivity index is 1.62. The van der Waals surface area contributed by atoms with Gasteiger partial charge in [-0.05, 0) is 31.4 Å². The zero-order valence-corrected chi connectivity index (χ0v) is 10.9. The van der Waals surface area contributed by atoms with Crippen LogP contribution in [0.25, 0.3) is 0 Å². The Morgan fingerprint density at radius 1 is 1.12 bits per heavy atom. The Labute approximate surface area is 105 Å². The van der Waals surface area contributed by atoms with Crippen LogP contribution in [0.3, 0.4) is 0 Å². The Morgan fingerprint density at radius 3 is 2.62 bits per heavy atom. The van der Waals surface area contributed by atoms with E-state index in [1.165, 1.54) is 19.3 Å². The first kappa shape index (κ1) is 11.9. The summed E-state index contributed by atoms with van der Waals surface area (Å²) >= 11 is 3.64. The van der Waals surface area contributed by atoms with E-state index in [-0.39, 0.29) is 0 Å². The van der Waals surface area contributed by atoms with Crippen molar-refractivity contribution in [3.8, 4) is 5.75 Å². The molecular weight excluding hydrogens is 268 g/mol. The standard InChI is InChI=1S/C13H17BrO2/c14-12-7-4-8-13(12)16-10-9-15-11-5-2-1-3-6-11/h1-3,5-6,12-13H,4,7-10H2. The predicted molar refractivity (Wildman–Crippen MR) is 68.2 cm³/mol. The van der Waals surface area contributed by atoms with E-state index in [1.807, 2.05) is 30.3 Å². The van der Waals surface area contributed by atoms with Crippen LogP contribution >= 0.6 is 15.9 Å². The van der Waals surface area contributed by atoms with E-state index < -0.39 is 0 Å². The molecule has 2 atom stereocenters. The molecule has 0 amide bonds. The highest BCUT2D eigenvalue weighted by Crippen LogP contribution is 2.27. The summed E-state index contributed by atoms with van der Waals surface area (Å²) in [4.78, 5) is 0.532. The molecule has 0 aromatic heterocycles. The lowest BCUT2D eigenvalue weighted by atomic mass is 10.3. The molecule has 2 nitrogen and oxygen atoms in total. The fourth-order valence-corrected chi connectivity index (χ4v) is 2.68. The van der Waals surface area contributed by atoms with Crippen LogP contribution in [0.1, 0.15) is 19.3 Å². The van der Waals surface area contributed by atoms with E-state index in [0.29, 0.717) is 24.1 Å². The number of alkyl halides is 1. The van der Waals surface area contributed by atoms with E-state index in [9.17, 15) is 0 Å². The second kappa shape index (κ2) is 6.26. The fraction of sp³-hybridized carbons (Fsp3) is 0.538. The van der Waals surface area contributed by atoms with Crippen LogP contribution in [0.4, 0.5) is 0 Å². The quantitative estimate of drug-likeness (QED) is 0.610. The normalized spacial score (nSPS) is 24.6. The van der Waals surface area contributed by atoms with Gasteiger partial charge >= 0.3 is 0 Å². The average molecular weight is 285 g/mol. The first-order valence-corrected chi connectivity index (χ1v) is 6.71. The minimum atomic E-state index is 0.374. The number of halogens is 1. The van der Waals surface area contributed by atoms with Gasteiger partial charge in [-0.15, -0.1) is 0 Å². The molecule has 2 unspecified atom stereocenters. The molecule has 16 heavy (non-hydrogen) atoms. The van der Waals surface area contributed by atoms with Gasteiger partial charge in [0, 0.05) is 4.83 Å². The molecule has 1 aromatic carbocycles. The van der Waals surface area contributed by atoms with Gasteiger partial charge in [-0.3, -0.25) is 0 Å². The minimum Gasteiger partial charge on any atom is -0.491 e. The van der Waals surface area contributed by atoms with Crippen molar-refractivity contribution in [2.45, 2.75) is 30.2 Å². The molecular formula is C13H17BrO2. The monoisotopic (exact) mass is 284 g/mol. The molecule has 1 aliphatic carbocycles. The van der Waals surface area contributed by atoms with E-state index in [0.717, 1.165) is 5.75 Å². The maximum atomic E-state index is 5.77. The number of rotatable bonds is 5. The molecule has 1 aromatic rings. The largest absolute Gasteiger partial charge is 0.491 e. The van der Waals surface area contributed by atoms with Crippen molar-refractivity contribution >= 4 is 15.9 Å². The highest BCUT2D eigenvalue weighted by Gasteiger charge is 2.25. The SMILES string of the molecule is BrC1CCCC1OCCOc1ccccc1. The van der Waals surface area contributed by atoms with Gasteiger partial charge in [-0.2, -0.15) is 0 Å². The molecule has 1 aliphatic rings. The molecule has 0 radical (unpaired) electrons. The van der Waals surface area contributed by atoms with Crippen LogP contribution in [0.15, 0.2) is 30.3 Å². The van der Waals surface area contributed by atoms with E-state index >= 15 is 0 Å². The Morgan fingerprint density at radius 2 is 1.94 bits per heavy atom. The van der Waals surface area contributed by atoms with Crippen molar-refractivity contribution in [3.63, 3.8) is 0 Å². The molecule has 0 aliphatic heterocycles. The topological polar surface area (TPSA) is 18.5 Å². The van der Waals surface area contributed by atoms with Crippen molar-refractivity contribution in [2.75, 3.05) is 13.2 Å². The summed E-state index contributed by atoms with van der Waals surface area (Å²) in [6.45, 7) is 1.29. The van der Waals surface area contributed by atoms with Gasteiger partial charge in [-0.1, -0.05) is 34.1 Å². The van der Waals surface area contributed by atoms with Crippen LogP contribution in [0.5, 0.6) is 5.75 Å². The van der Waals surface area contributed by atoms with E-state index in [4.69, 9.17) is 9.47 Å². The lowest BCUT2D eigenvalue weighted by molar-refractivity contribution is 0.0419. The fourth-order valence-electron chi connectivity index (χ4n) is 1.94. The van der Waals surface area contributed by atoms with Crippen molar-refractivity contribution in [1.29, 1.82) is 0 Å².